The number of sulfonamides is 1. The zero-order valence-corrected chi connectivity index (χ0v) is 11.5. The van der Waals surface area contributed by atoms with Crippen molar-refractivity contribution in [3.8, 4) is 0 Å². The van der Waals surface area contributed by atoms with Gasteiger partial charge in [-0.1, -0.05) is 17.7 Å². The van der Waals surface area contributed by atoms with Crippen molar-refractivity contribution in [1.29, 1.82) is 0 Å². The molecule has 1 aromatic carbocycles. The summed E-state index contributed by atoms with van der Waals surface area (Å²) in [5.41, 5.74) is 0.913. The molecule has 0 fully saturated rings. The number of rotatable bonds is 5. The number of benzene rings is 1. The number of methoxy groups -OCH3 is 1. The Kier molecular flexibility index (Phi) is 5.05. The van der Waals surface area contributed by atoms with Gasteiger partial charge >= 0.3 is 5.97 Å². The largest absolute Gasteiger partial charge is 0.469 e. The molecule has 0 saturated carbocycles. The van der Waals surface area contributed by atoms with Crippen molar-refractivity contribution >= 4 is 21.9 Å². The highest BCUT2D eigenvalue weighted by atomic mass is 32.2. The molecule has 1 rings (SSSR count). The van der Waals surface area contributed by atoms with Crippen LogP contribution in [0.4, 0.5) is 0 Å². The van der Waals surface area contributed by atoms with E-state index >= 15 is 0 Å². The fourth-order valence-corrected chi connectivity index (χ4v) is 2.31. The molecule has 0 radical (unpaired) electrons. The van der Waals surface area contributed by atoms with Crippen molar-refractivity contribution in [3.05, 3.63) is 29.8 Å². The first-order valence-electron chi connectivity index (χ1n) is 5.54. The lowest BCUT2D eigenvalue weighted by molar-refractivity contribution is -0.142. The highest BCUT2D eigenvalue weighted by Gasteiger charge is 2.17. The van der Waals surface area contributed by atoms with Gasteiger partial charge in [0.05, 0.1) is 18.4 Å². The number of carbonyl (C=O) groups excluding carboxylic acids is 2. The minimum absolute atomic E-state index is 0.00418. The summed E-state index contributed by atoms with van der Waals surface area (Å²) in [7, 11) is -2.68. The second kappa shape index (κ2) is 6.33. The van der Waals surface area contributed by atoms with E-state index in [1.165, 1.54) is 19.2 Å². The van der Waals surface area contributed by atoms with E-state index in [2.05, 4.69) is 4.74 Å². The van der Waals surface area contributed by atoms with Crippen LogP contribution in [-0.2, 0) is 24.3 Å². The minimum atomic E-state index is -3.88. The Bertz CT molecular complexity index is 562. The van der Waals surface area contributed by atoms with Gasteiger partial charge in [0, 0.05) is 6.42 Å². The van der Waals surface area contributed by atoms with Crippen molar-refractivity contribution < 1.29 is 22.7 Å². The molecule has 104 valence electrons. The monoisotopic (exact) mass is 285 g/mol. The third-order valence-corrected chi connectivity index (χ3v) is 3.75. The molecule has 0 heterocycles. The summed E-state index contributed by atoms with van der Waals surface area (Å²) in [5.74, 6) is -1.31. The number of hydrogen-bond acceptors (Lipinski definition) is 5. The van der Waals surface area contributed by atoms with Gasteiger partial charge in [0.25, 0.3) is 10.0 Å². The van der Waals surface area contributed by atoms with E-state index in [4.69, 9.17) is 0 Å². The van der Waals surface area contributed by atoms with Gasteiger partial charge in [-0.25, -0.2) is 13.1 Å². The van der Waals surface area contributed by atoms with Crippen LogP contribution in [-0.4, -0.2) is 27.4 Å². The van der Waals surface area contributed by atoms with E-state index in [0.717, 1.165) is 5.56 Å². The van der Waals surface area contributed by atoms with Gasteiger partial charge < -0.3 is 4.74 Å². The molecule has 1 aromatic rings. The maximum Gasteiger partial charge on any atom is 0.306 e. The maximum atomic E-state index is 11.8. The zero-order valence-electron chi connectivity index (χ0n) is 10.7. The Morgan fingerprint density at radius 3 is 2.26 bits per heavy atom. The molecule has 0 aliphatic carbocycles. The lowest BCUT2D eigenvalue weighted by Gasteiger charge is -2.06. The Hall–Kier alpha value is -1.89. The van der Waals surface area contributed by atoms with Crippen molar-refractivity contribution in [1.82, 2.24) is 4.72 Å². The number of hydrogen-bond donors (Lipinski definition) is 1. The van der Waals surface area contributed by atoms with Crippen molar-refractivity contribution in [3.63, 3.8) is 0 Å². The van der Waals surface area contributed by atoms with E-state index in [-0.39, 0.29) is 17.7 Å². The summed E-state index contributed by atoms with van der Waals surface area (Å²) in [6, 6.07) is 6.08. The van der Waals surface area contributed by atoms with E-state index < -0.39 is 21.9 Å². The fourth-order valence-electron chi connectivity index (χ4n) is 1.29. The number of carbonyl (C=O) groups is 2. The zero-order chi connectivity index (χ0) is 14.5. The van der Waals surface area contributed by atoms with Crippen LogP contribution in [0, 0.1) is 6.92 Å². The molecule has 6 nitrogen and oxygen atoms in total. The first-order valence-corrected chi connectivity index (χ1v) is 7.02. The van der Waals surface area contributed by atoms with E-state index in [1.807, 2.05) is 11.6 Å². The summed E-state index contributed by atoms with van der Waals surface area (Å²) in [5, 5.41) is 0. The summed E-state index contributed by atoms with van der Waals surface area (Å²) in [6.45, 7) is 1.82. The SMILES string of the molecule is COC(=O)CCC(=O)NS(=O)(=O)c1ccc(C)cc1. The average Bonchev–Trinajstić information content (AvgIpc) is 2.36. The smallest absolute Gasteiger partial charge is 0.306 e. The maximum absolute atomic E-state index is 11.8. The molecule has 0 atom stereocenters. The summed E-state index contributed by atoms with van der Waals surface area (Å²) in [4.78, 5) is 22.3. The highest BCUT2D eigenvalue weighted by Crippen LogP contribution is 2.10. The molecule has 7 heteroatoms. The lowest BCUT2D eigenvalue weighted by Crippen LogP contribution is -2.30. The van der Waals surface area contributed by atoms with Crippen molar-refractivity contribution in [2.24, 2.45) is 0 Å². The first-order chi connectivity index (χ1) is 8.85. The van der Waals surface area contributed by atoms with Crippen LogP contribution in [0.15, 0.2) is 29.2 Å². The molecular formula is C12H15NO5S. The van der Waals surface area contributed by atoms with E-state index in [9.17, 15) is 18.0 Å². The van der Waals surface area contributed by atoms with Gasteiger partial charge in [0.15, 0.2) is 0 Å². The van der Waals surface area contributed by atoms with Crippen LogP contribution in [0.5, 0.6) is 0 Å². The Morgan fingerprint density at radius 2 is 1.74 bits per heavy atom. The standard InChI is InChI=1S/C12H15NO5S/c1-9-3-5-10(6-4-9)19(16,17)13-11(14)7-8-12(15)18-2/h3-6H,7-8H2,1-2H3,(H,13,14). The topological polar surface area (TPSA) is 89.5 Å². The molecular weight excluding hydrogens is 270 g/mol. The highest BCUT2D eigenvalue weighted by molar-refractivity contribution is 7.90. The third-order valence-electron chi connectivity index (χ3n) is 2.36. The molecule has 0 aliphatic heterocycles. The lowest BCUT2D eigenvalue weighted by atomic mass is 10.2. The predicted molar refractivity (Wildman–Crippen MR) is 67.8 cm³/mol. The molecule has 0 spiro atoms. The molecule has 0 aromatic heterocycles. The quantitative estimate of drug-likeness (QED) is 0.806. The predicted octanol–water partition coefficient (Wildman–Crippen LogP) is 0.753. The van der Waals surface area contributed by atoms with Gasteiger partial charge in [-0.15, -0.1) is 0 Å². The van der Waals surface area contributed by atoms with Gasteiger partial charge in [-0.2, -0.15) is 0 Å². The second-order valence-corrected chi connectivity index (χ2v) is 5.60. The van der Waals surface area contributed by atoms with E-state index in [1.54, 1.807) is 12.1 Å². The molecule has 0 aliphatic rings. The van der Waals surface area contributed by atoms with Crippen LogP contribution in [0.2, 0.25) is 0 Å². The molecule has 0 bridgehead atoms. The first kappa shape index (κ1) is 15.2. The van der Waals surface area contributed by atoms with Gasteiger partial charge in [0.1, 0.15) is 0 Å². The van der Waals surface area contributed by atoms with Gasteiger partial charge in [0.2, 0.25) is 5.91 Å². The molecule has 1 amide bonds. The van der Waals surface area contributed by atoms with Crippen LogP contribution in [0.1, 0.15) is 18.4 Å². The molecule has 19 heavy (non-hydrogen) atoms. The third kappa shape index (κ3) is 4.70. The molecule has 0 unspecified atom stereocenters. The number of esters is 1. The average molecular weight is 285 g/mol. The number of ether oxygens (including phenoxy) is 1. The second-order valence-electron chi connectivity index (χ2n) is 3.92. The Morgan fingerprint density at radius 1 is 1.16 bits per heavy atom. The molecule has 1 N–H and O–H groups in total. The summed E-state index contributed by atoms with van der Waals surface area (Å²) < 4.78 is 29.9. The summed E-state index contributed by atoms with van der Waals surface area (Å²) >= 11 is 0. The normalized spacial score (nSPS) is 10.8. The summed E-state index contributed by atoms with van der Waals surface area (Å²) in [6.07, 6.45) is -0.399. The number of aryl methyl sites for hydroxylation is 1. The molecule has 0 saturated heterocycles. The van der Waals surface area contributed by atoms with Crippen molar-refractivity contribution in [2.75, 3.05) is 7.11 Å². The van der Waals surface area contributed by atoms with Crippen molar-refractivity contribution in [2.45, 2.75) is 24.7 Å². The van der Waals surface area contributed by atoms with Gasteiger partial charge in [-0.3, -0.25) is 9.59 Å². The fraction of sp³-hybridized carbons (Fsp3) is 0.333. The van der Waals surface area contributed by atoms with Crippen LogP contribution in [0.25, 0.3) is 0 Å². The Balaban J connectivity index is 2.67. The number of nitrogens with one attached hydrogen (secondary N) is 1. The van der Waals surface area contributed by atoms with Crippen LogP contribution < -0.4 is 4.72 Å². The van der Waals surface area contributed by atoms with Crippen LogP contribution >= 0.6 is 0 Å². The Labute approximate surface area is 111 Å². The van der Waals surface area contributed by atoms with E-state index in [0.29, 0.717) is 0 Å². The van der Waals surface area contributed by atoms with Gasteiger partial charge in [-0.05, 0) is 19.1 Å². The minimum Gasteiger partial charge on any atom is -0.469 e. The number of amides is 1. The van der Waals surface area contributed by atoms with Crippen LogP contribution in [0.3, 0.4) is 0 Å².